The molecule has 2 aromatic carbocycles. The minimum atomic E-state index is -0.102. The molecule has 140 valence electrons. The lowest BCUT2D eigenvalue weighted by atomic mass is 10.1. The van der Waals surface area contributed by atoms with Crippen molar-refractivity contribution in [2.45, 2.75) is 13.8 Å². The number of quaternary nitrogens is 1. The van der Waals surface area contributed by atoms with E-state index in [1.807, 2.05) is 33.0 Å². The smallest absolute Gasteiger partial charge is 0.279 e. The Balaban J connectivity index is 1.81. The predicted octanol–water partition coefficient (Wildman–Crippen LogP) is 2.50. The molecule has 2 rings (SSSR count). The van der Waals surface area contributed by atoms with Gasteiger partial charge in [0, 0.05) is 5.02 Å². The second-order valence-corrected chi connectivity index (χ2v) is 6.88. The van der Waals surface area contributed by atoms with Crippen molar-refractivity contribution in [2.75, 3.05) is 39.2 Å². The fraction of sp³-hybridized carbons (Fsp3) is 0.350. The molecule has 1 amide bonds. The van der Waals surface area contributed by atoms with Gasteiger partial charge in [-0.2, -0.15) is 0 Å². The first-order valence-corrected chi connectivity index (χ1v) is 8.91. The molecule has 0 saturated carbocycles. The van der Waals surface area contributed by atoms with E-state index in [1.165, 1.54) is 11.1 Å². The van der Waals surface area contributed by atoms with Gasteiger partial charge >= 0.3 is 0 Å². The van der Waals surface area contributed by atoms with E-state index in [-0.39, 0.29) is 5.91 Å². The number of methoxy groups -OCH3 is 1. The van der Waals surface area contributed by atoms with Gasteiger partial charge in [-0.3, -0.25) is 4.79 Å². The first-order chi connectivity index (χ1) is 12.4. The molecular weight excluding hydrogens is 352 g/mol. The lowest BCUT2D eigenvalue weighted by Gasteiger charge is -2.16. The van der Waals surface area contributed by atoms with Gasteiger partial charge in [-0.25, -0.2) is 0 Å². The predicted molar refractivity (Wildman–Crippen MR) is 105 cm³/mol. The number of rotatable bonds is 8. The van der Waals surface area contributed by atoms with Crippen LogP contribution in [0.25, 0.3) is 0 Å². The van der Waals surface area contributed by atoms with Crippen molar-refractivity contribution in [1.29, 1.82) is 0 Å². The molecular formula is C20H26ClN2O3+. The van der Waals surface area contributed by atoms with Crippen LogP contribution in [0.3, 0.4) is 0 Å². The lowest BCUT2D eigenvalue weighted by Crippen LogP contribution is -3.10. The highest BCUT2D eigenvalue weighted by molar-refractivity contribution is 6.31. The van der Waals surface area contributed by atoms with Gasteiger partial charge in [0.1, 0.15) is 24.7 Å². The summed E-state index contributed by atoms with van der Waals surface area (Å²) in [6.07, 6.45) is 0. The van der Waals surface area contributed by atoms with Crippen LogP contribution in [0.5, 0.6) is 11.5 Å². The van der Waals surface area contributed by atoms with E-state index < -0.39 is 0 Å². The maximum Gasteiger partial charge on any atom is 0.279 e. The van der Waals surface area contributed by atoms with Crippen molar-refractivity contribution in [3.8, 4) is 11.5 Å². The molecule has 0 spiro atoms. The van der Waals surface area contributed by atoms with Gasteiger partial charge in [-0.05, 0) is 55.3 Å². The number of carbonyl (C=O) groups excluding carboxylic acids is 1. The summed E-state index contributed by atoms with van der Waals surface area (Å²) in [7, 11) is 3.51. The zero-order valence-electron chi connectivity index (χ0n) is 15.7. The summed E-state index contributed by atoms with van der Waals surface area (Å²) in [5.41, 5.74) is 2.93. The van der Waals surface area contributed by atoms with Gasteiger partial charge in [0.15, 0.2) is 6.54 Å². The second kappa shape index (κ2) is 9.46. The van der Waals surface area contributed by atoms with Crippen LogP contribution in [0, 0.1) is 13.8 Å². The Hall–Kier alpha value is -2.24. The summed E-state index contributed by atoms with van der Waals surface area (Å²) in [5, 5.41) is 3.39. The van der Waals surface area contributed by atoms with Crippen molar-refractivity contribution in [2.24, 2.45) is 0 Å². The monoisotopic (exact) mass is 377 g/mol. The molecule has 0 aliphatic rings. The molecule has 1 atom stereocenters. The molecule has 0 aromatic heterocycles. The number of hydrogen-bond acceptors (Lipinski definition) is 3. The van der Waals surface area contributed by atoms with Crippen LogP contribution in [0.1, 0.15) is 11.1 Å². The quantitative estimate of drug-likeness (QED) is 0.743. The molecule has 2 aromatic rings. The summed E-state index contributed by atoms with van der Waals surface area (Å²) in [4.78, 5) is 13.3. The average molecular weight is 378 g/mol. The Morgan fingerprint density at radius 2 is 1.85 bits per heavy atom. The molecule has 6 heteroatoms. The number of ether oxygens (including phenoxy) is 2. The van der Waals surface area contributed by atoms with Gasteiger partial charge in [-0.15, -0.1) is 0 Å². The molecule has 1 unspecified atom stereocenters. The van der Waals surface area contributed by atoms with Gasteiger partial charge in [0.2, 0.25) is 0 Å². The SMILES string of the molecule is COc1ccc(Cl)cc1NC(=O)C[NH+](C)CCOc1cc(C)cc(C)c1. The highest BCUT2D eigenvalue weighted by Crippen LogP contribution is 2.27. The van der Waals surface area contributed by atoms with Crippen molar-refractivity contribution < 1.29 is 19.2 Å². The van der Waals surface area contributed by atoms with Gasteiger partial charge in [0.05, 0.1) is 19.8 Å². The first-order valence-electron chi connectivity index (χ1n) is 8.53. The molecule has 0 fully saturated rings. The minimum Gasteiger partial charge on any atom is -0.495 e. The van der Waals surface area contributed by atoms with Crippen LogP contribution < -0.4 is 19.7 Å². The number of benzene rings is 2. The number of amides is 1. The summed E-state index contributed by atoms with van der Waals surface area (Å²) in [6.45, 7) is 5.68. The van der Waals surface area contributed by atoms with E-state index in [9.17, 15) is 4.79 Å². The van der Waals surface area contributed by atoms with Crippen LogP contribution in [0.4, 0.5) is 5.69 Å². The number of anilines is 1. The van der Waals surface area contributed by atoms with Crippen molar-refractivity contribution in [3.63, 3.8) is 0 Å². The summed E-state index contributed by atoms with van der Waals surface area (Å²) in [6, 6.07) is 11.3. The van der Waals surface area contributed by atoms with Gasteiger partial charge in [0.25, 0.3) is 5.91 Å². The fourth-order valence-corrected chi connectivity index (χ4v) is 2.87. The van der Waals surface area contributed by atoms with Gasteiger partial charge in [-0.1, -0.05) is 17.7 Å². The van der Waals surface area contributed by atoms with E-state index in [4.69, 9.17) is 21.1 Å². The summed E-state index contributed by atoms with van der Waals surface area (Å²) >= 11 is 5.98. The normalized spacial score (nSPS) is 11.7. The molecule has 26 heavy (non-hydrogen) atoms. The number of nitrogens with one attached hydrogen (secondary N) is 2. The summed E-state index contributed by atoms with van der Waals surface area (Å²) in [5.74, 6) is 1.34. The third-order valence-corrected chi connectivity index (χ3v) is 4.13. The van der Waals surface area contributed by atoms with E-state index >= 15 is 0 Å². The Labute approximate surface area is 159 Å². The molecule has 2 N–H and O–H groups in total. The minimum absolute atomic E-state index is 0.102. The third-order valence-electron chi connectivity index (χ3n) is 3.89. The van der Waals surface area contributed by atoms with Crippen LogP contribution in [0.2, 0.25) is 5.02 Å². The van der Waals surface area contributed by atoms with Crippen LogP contribution in [-0.2, 0) is 4.79 Å². The highest BCUT2D eigenvalue weighted by atomic mass is 35.5. The Morgan fingerprint density at radius 1 is 1.15 bits per heavy atom. The molecule has 0 heterocycles. The Morgan fingerprint density at radius 3 is 2.50 bits per heavy atom. The number of likely N-dealkylation sites (N-methyl/N-ethyl adjacent to an activating group) is 1. The first kappa shape index (κ1) is 20.1. The number of aryl methyl sites for hydroxylation is 2. The zero-order valence-corrected chi connectivity index (χ0v) is 16.4. The fourth-order valence-electron chi connectivity index (χ4n) is 2.69. The number of halogens is 1. The standard InChI is InChI=1S/C20H25ClN2O3/c1-14-9-15(2)11-17(10-14)26-8-7-23(3)13-20(24)22-18-12-16(21)5-6-19(18)25-4/h5-6,9-12H,7-8,13H2,1-4H3,(H,22,24)/p+1. The molecule has 0 saturated heterocycles. The molecule has 5 nitrogen and oxygen atoms in total. The zero-order chi connectivity index (χ0) is 19.1. The number of hydrogen-bond donors (Lipinski definition) is 2. The van der Waals surface area contributed by atoms with Crippen molar-refractivity contribution in [1.82, 2.24) is 0 Å². The van der Waals surface area contributed by atoms with Crippen molar-refractivity contribution >= 4 is 23.2 Å². The van der Waals surface area contributed by atoms with E-state index in [0.717, 1.165) is 10.6 Å². The highest BCUT2D eigenvalue weighted by Gasteiger charge is 2.13. The molecule has 0 aliphatic carbocycles. The lowest BCUT2D eigenvalue weighted by molar-refractivity contribution is -0.871. The average Bonchev–Trinajstić information content (AvgIpc) is 2.54. The maximum absolute atomic E-state index is 12.3. The number of carbonyl (C=O) groups is 1. The Kier molecular flexibility index (Phi) is 7.30. The van der Waals surface area contributed by atoms with Crippen LogP contribution in [0.15, 0.2) is 36.4 Å². The second-order valence-electron chi connectivity index (χ2n) is 6.45. The maximum atomic E-state index is 12.3. The molecule has 0 bridgehead atoms. The Bertz CT molecular complexity index is 744. The third kappa shape index (κ3) is 6.24. The molecule has 0 radical (unpaired) electrons. The summed E-state index contributed by atoms with van der Waals surface area (Å²) < 4.78 is 11.0. The van der Waals surface area contributed by atoms with Crippen molar-refractivity contribution in [3.05, 3.63) is 52.5 Å². The van der Waals surface area contributed by atoms with E-state index in [0.29, 0.717) is 36.2 Å². The van der Waals surface area contributed by atoms with Crippen LogP contribution >= 0.6 is 11.6 Å². The van der Waals surface area contributed by atoms with E-state index in [1.54, 1.807) is 25.3 Å². The van der Waals surface area contributed by atoms with Crippen LogP contribution in [-0.4, -0.2) is 39.8 Å². The van der Waals surface area contributed by atoms with Gasteiger partial charge < -0.3 is 19.7 Å². The molecule has 0 aliphatic heterocycles. The van der Waals surface area contributed by atoms with E-state index in [2.05, 4.69) is 11.4 Å². The topological polar surface area (TPSA) is 52.0 Å². The largest absolute Gasteiger partial charge is 0.495 e.